The molecule has 1 heterocycles. The fourth-order valence-electron chi connectivity index (χ4n) is 1.49. The molecule has 90 valence electrons. The van der Waals surface area contributed by atoms with E-state index >= 15 is 0 Å². The summed E-state index contributed by atoms with van der Waals surface area (Å²) in [6, 6.07) is 8.76. The SMILES string of the molecule is COc1cc(C(O)c2ccc(Cl)s2)ccc1Cl. The van der Waals surface area contributed by atoms with E-state index in [4.69, 9.17) is 27.9 Å². The third-order valence-corrected chi connectivity index (χ3v) is 3.95. The number of aliphatic hydroxyl groups is 1. The molecule has 1 N–H and O–H groups in total. The lowest BCUT2D eigenvalue weighted by Crippen LogP contribution is -1.97. The summed E-state index contributed by atoms with van der Waals surface area (Å²) < 4.78 is 5.76. The fraction of sp³-hybridized carbons (Fsp3) is 0.167. The van der Waals surface area contributed by atoms with Crippen LogP contribution >= 0.6 is 34.5 Å². The summed E-state index contributed by atoms with van der Waals surface area (Å²) in [5.41, 5.74) is 0.727. The van der Waals surface area contributed by atoms with Crippen molar-refractivity contribution in [2.24, 2.45) is 0 Å². The minimum Gasteiger partial charge on any atom is -0.495 e. The second-order valence-corrected chi connectivity index (χ2v) is 5.59. The molecule has 0 aliphatic heterocycles. The Morgan fingerprint density at radius 2 is 2.00 bits per heavy atom. The maximum Gasteiger partial charge on any atom is 0.137 e. The minimum absolute atomic E-state index is 0.521. The molecular weight excluding hydrogens is 279 g/mol. The Bertz CT molecular complexity index is 525. The van der Waals surface area contributed by atoms with Crippen LogP contribution in [0.15, 0.2) is 30.3 Å². The van der Waals surface area contributed by atoms with E-state index in [1.54, 1.807) is 37.4 Å². The third-order valence-electron chi connectivity index (χ3n) is 2.35. The fourth-order valence-corrected chi connectivity index (χ4v) is 2.76. The average molecular weight is 289 g/mol. The molecule has 0 radical (unpaired) electrons. The van der Waals surface area contributed by atoms with Crippen LogP contribution < -0.4 is 4.74 Å². The Balaban J connectivity index is 2.34. The Morgan fingerprint density at radius 1 is 1.24 bits per heavy atom. The van der Waals surface area contributed by atoms with Crippen molar-refractivity contribution in [2.75, 3.05) is 7.11 Å². The number of hydrogen-bond donors (Lipinski definition) is 1. The number of thiophene rings is 1. The lowest BCUT2D eigenvalue weighted by molar-refractivity contribution is 0.223. The van der Waals surface area contributed by atoms with E-state index in [-0.39, 0.29) is 0 Å². The Kier molecular flexibility index (Phi) is 3.94. The largest absolute Gasteiger partial charge is 0.495 e. The smallest absolute Gasteiger partial charge is 0.137 e. The summed E-state index contributed by atoms with van der Waals surface area (Å²) in [5, 5.41) is 10.7. The van der Waals surface area contributed by atoms with Crippen LogP contribution in [-0.2, 0) is 0 Å². The van der Waals surface area contributed by atoms with E-state index in [9.17, 15) is 5.11 Å². The minimum atomic E-state index is -0.710. The van der Waals surface area contributed by atoms with E-state index in [0.29, 0.717) is 15.1 Å². The molecule has 0 amide bonds. The van der Waals surface area contributed by atoms with Crippen molar-refractivity contribution in [1.29, 1.82) is 0 Å². The molecule has 0 aliphatic carbocycles. The van der Waals surface area contributed by atoms with Crippen LogP contribution in [0.2, 0.25) is 9.36 Å². The first-order valence-electron chi connectivity index (χ1n) is 4.88. The van der Waals surface area contributed by atoms with Crippen LogP contribution in [-0.4, -0.2) is 12.2 Å². The quantitative estimate of drug-likeness (QED) is 0.920. The molecule has 5 heteroatoms. The standard InChI is InChI=1S/C12H10Cl2O2S/c1-16-9-6-7(2-3-8(9)13)12(15)10-4-5-11(14)17-10/h2-6,12,15H,1H3. The van der Waals surface area contributed by atoms with Gasteiger partial charge in [-0.1, -0.05) is 29.3 Å². The van der Waals surface area contributed by atoms with Crippen molar-refractivity contribution in [3.63, 3.8) is 0 Å². The molecular formula is C12H10Cl2O2S. The first-order chi connectivity index (χ1) is 8.11. The molecule has 0 saturated heterocycles. The van der Waals surface area contributed by atoms with Crippen molar-refractivity contribution in [3.8, 4) is 5.75 Å². The first kappa shape index (κ1) is 12.7. The van der Waals surface area contributed by atoms with E-state index in [2.05, 4.69) is 0 Å². The highest BCUT2D eigenvalue weighted by Gasteiger charge is 2.14. The molecule has 0 spiro atoms. The number of halogens is 2. The maximum absolute atomic E-state index is 10.2. The van der Waals surface area contributed by atoms with E-state index in [1.807, 2.05) is 0 Å². The molecule has 0 fully saturated rings. The second-order valence-electron chi connectivity index (χ2n) is 3.44. The van der Waals surface area contributed by atoms with Gasteiger partial charge in [0.25, 0.3) is 0 Å². The van der Waals surface area contributed by atoms with Crippen LogP contribution in [0.4, 0.5) is 0 Å². The molecule has 0 bridgehead atoms. The number of hydrogen-bond acceptors (Lipinski definition) is 3. The predicted octanol–water partition coefficient (Wildman–Crippen LogP) is 4.15. The molecule has 1 aromatic heterocycles. The second kappa shape index (κ2) is 5.27. The summed E-state index contributed by atoms with van der Waals surface area (Å²) in [7, 11) is 1.54. The summed E-state index contributed by atoms with van der Waals surface area (Å²) in [6.07, 6.45) is -0.710. The van der Waals surface area contributed by atoms with Crippen molar-refractivity contribution in [2.45, 2.75) is 6.10 Å². The molecule has 1 unspecified atom stereocenters. The van der Waals surface area contributed by atoms with Gasteiger partial charge in [-0.2, -0.15) is 0 Å². The van der Waals surface area contributed by atoms with Gasteiger partial charge in [0.1, 0.15) is 11.9 Å². The number of benzene rings is 1. The van der Waals surface area contributed by atoms with Crippen molar-refractivity contribution in [1.82, 2.24) is 0 Å². The zero-order valence-corrected chi connectivity index (χ0v) is 11.3. The molecule has 0 saturated carbocycles. The van der Waals surface area contributed by atoms with Crippen molar-refractivity contribution in [3.05, 3.63) is 50.1 Å². The molecule has 17 heavy (non-hydrogen) atoms. The van der Waals surface area contributed by atoms with Crippen LogP contribution in [0, 0.1) is 0 Å². The van der Waals surface area contributed by atoms with Crippen LogP contribution in [0.1, 0.15) is 16.5 Å². The van der Waals surface area contributed by atoms with Crippen molar-refractivity contribution < 1.29 is 9.84 Å². The van der Waals surface area contributed by atoms with Gasteiger partial charge in [0.15, 0.2) is 0 Å². The lowest BCUT2D eigenvalue weighted by atomic mass is 10.1. The summed E-state index contributed by atoms with van der Waals surface area (Å²) in [4.78, 5) is 0.791. The van der Waals surface area contributed by atoms with Crippen LogP contribution in [0.3, 0.4) is 0 Å². The molecule has 2 aromatic rings. The van der Waals surface area contributed by atoms with Gasteiger partial charge < -0.3 is 9.84 Å². The van der Waals surface area contributed by atoms with Crippen LogP contribution in [0.25, 0.3) is 0 Å². The average Bonchev–Trinajstić information content (AvgIpc) is 2.75. The van der Waals surface area contributed by atoms with Gasteiger partial charge in [-0.3, -0.25) is 0 Å². The summed E-state index contributed by atoms with van der Waals surface area (Å²) in [6.45, 7) is 0. The molecule has 1 atom stereocenters. The van der Waals surface area contributed by atoms with Gasteiger partial charge in [0.2, 0.25) is 0 Å². The van der Waals surface area contributed by atoms with Gasteiger partial charge >= 0.3 is 0 Å². The predicted molar refractivity (Wildman–Crippen MR) is 71.4 cm³/mol. The van der Waals surface area contributed by atoms with Gasteiger partial charge in [-0.25, -0.2) is 0 Å². The Hall–Kier alpha value is -0.740. The van der Waals surface area contributed by atoms with Gasteiger partial charge in [0, 0.05) is 4.88 Å². The van der Waals surface area contributed by atoms with Crippen LogP contribution in [0.5, 0.6) is 5.75 Å². The molecule has 1 aromatic carbocycles. The number of ether oxygens (including phenoxy) is 1. The van der Waals surface area contributed by atoms with Gasteiger partial charge in [-0.05, 0) is 29.8 Å². The zero-order valence-electron chi connectivity index (χ0n) is 8.98. The highest BCUT2D eigenvalue weighted by Crippen LogP contribution is 2.34. The third kappa shape index (κ3) is 2.75. The summed E-state index contributed by atoms with van der Waals surface area (Å²) >= 11 is 13.1. The number of rotatable bonds is 3. The Morgan fingerprint density at radius 3 is 2.59 bits per heavy atom. The molecule has 2 nitrogen and oxygen atoms in total. The topological polar surface area (TPSA) is 29.5 Å². The maximum atomic E-state index is 10.2. The van der Waals surface area contributed by atoms with Crippen molar-refractivity contribution >= 4 is 34.5 Å². The van der Waals surface area contributed by atoms with Gasteiger partial charge in [-0.15, -0.1) is 11.3 Å². The Labute approximate surface area is 113 Å². The highest BCUT2D eigenvalue weighted by atomic mass is 35.5. The van der Waals surface area contributed by atoms with E-state index < -0.39 is 6.10 Å². The summed E-state index contributed by atoms with van der Waals surface area (Å²) in [5.74, 6) is 0.547. The normalized spacial score (nSPS) is 12.5. The van der Waals surface area contributed by atoms with E-state index in [1.165, 1.54) is 11.3 Å². The molecule has 2 rings (SSSR count). The lowest BCUT2D eigenvalue weighted by Gasteiger charge is -2.11. The first-order valence-corrected chi connectivity index (χ1v) is 6.46. The number of methoxy groups -OCH3 is 1. The zero-order chi connectivity index (χ0) is 12.4. The monoisotopic (exact) mass is 288 g/mol. The van der Waals surface area contributed by atoms with E-state index in [0.717, 1.165) is 10.4 Å². The number of aliphatic hydroxyl groups excluding tert-OH is 1. The van der Waals surface area contributed by atoms with Gasteiger partial charge in [0.05, 0.1) is 16.5 Å². The highest BCUT2D eigenvalue weighted by molar-refractivity contribution is 7.16. The molecule has 0 aliphatic rings.